The van der Waals surface area contributed by atoms with E-state index in [0.29, 0.717) is 0 Å². The van der Waals surface area contributed by atoms with Crippen molar-refractivity contribution in [3.63, 3.8) is 0 Å². The maximum Gasteiger partial charge on any atom is 0.223 e. The molecule has 1 aliphatic rings. The average Bonchev–Trinajstić information content (AvgIpc) is 1.85. The third-order valence-corrected chi connectivity index (χ3v) is 1.39. The molecule has 1 atom stereocenters. The number of amidine groups is 1. The van der Waals surface area contributed by atoms with Crippen molar-refractivity contribution >= 4 is 11.8 Å². The van der Waals surface area contributed by atoms with Gasteiger partial charge in [0, 0.05) is 14.1 Å². The van der Waals surface area contributed by atoms with Crippen LogP contribution in [-0.4, -0.2) is 37.0 Å². The molecule has 62 valence electrons. The molecule has 1 aliphatic heterocycles. The van der Waals surface area contributed by atoms with Crippen molar-refractivity contribution < 1.29 is 0 Å². The van der Waals surface area contributed by atoms with Crippen molar-refractivity contribution in [1.82, 2.24) is 10.2 Å². The summed E-state index contributed by atoms with van der Waals surface area (Å²) in [6, 6.07) is 0. The zero-order valence-electron chi connectivity index (χ0n) is 7.42. The van der Waals surface area contributed by atoms with E-state index in [-0.39, 0.29) is 6.17 Å². The molecule has 0 radical (unpaired) electrons. The fourth-order valence-corrected chi connectivity index (χ4v) is 0.934. The molecule has 4 heteroatoms. The van der Waals surface area contributed by atoms with Gasteiger partial charge in [-0.25, -0.2) is 9.98 Å². The van der Waals surface area contributed by atoms with Crippen LogP contribution in [0, 0.1) is 0 Å². The SMILES string of the molecule is CC1=NC(N(C)C)=NC(C)N1. The van der Waals surface area contributed by atoms with E-state index >= 15 is 0 Å². The van der Waals surface area contributed by atoms with Gasteiger partial charge in [-0.15, -0.1) is 0 Å². The lowest BCUT2D eigenvalue weighted by molar-refractivity contribution is 0.579. The zero-order chi connectivity index (χ0) is 8.43. The van der Waals surface area contributed by atoms with Crippen LogP contribution in [0.2, 0.25) is 0 Å². The lowest BCUT2D eigenvalue weighted by atomic mass is 10.5. The Morgan fingerprint density at radius 1 is 1.45 bits per heavy atom. The first-order valence-electron chi connectivity index (χ1n) is 3.66. The summed E-state index contributed by atoms with van der Waals surface area (Å²) in [6.07, 6.45) is 0.143. The Balaban J connectivity index is 2.78. The van der Waals surface area contributed by atoms with Gasteiger partial charge in [-0.05, 0) is 13.8 Å². The molecule has 0 aliphatic carbocycles. The molecule has 0 bridgehead atoms. The van der Waals surface area contributed by atoms with Crippen LogP contribution in [0.25, 0.3) is 0 Å². The second-order valence-electron chi connectivity index (χ2n) is 2.84. The van der Waals surface area contributed by atoms with E-state index in [2.05, 4.69) is 15.3 Å². The maximum atomic E-state index is 4.28. The first-order chi connectivity index (χ1) is 5.09. The number of aliphatic imine (C=N–C) groups is 2. The second-order valence-corrected chi connectivity index (χ2v) is 2.84. The van der Waals surface area contributed by atoms with Crippen LogP contribution in [0.4, 0.5) is 0 Å². The van der Waals surface area contributed by atoms with Crippen molar-refractivity contribution in [3.05, 3.63) is 0 Å². The minimum atomic E-state index is 0.143. The van der Waals surface area contributed by atoms with E-state index in [1.54, 1.807) is 0 Å². The minimum absolute atomic E-state index is 0.143. The molecule has 0 saturated heterocycles. The van der Waals surface area contributed by atoms with Crippen molar-refractivity contribution in [1.29, 1.82) is 0 Å². The van der Waals surface area contributed by atoms with Crippen molar-refractivity contribution in [2.24, 2.45) is 9.98 Å². The van der Waals surface area contributed by atoms with Crippen LogP contribution < -0.4 is 5.32 Å². The highest BCUT2D eigenvalue weighted by Gasteiger charge is 2.10. The smallest absolute Gasteiger partial charge is 0.223 e. The van der Waals surface area contributed by atoms with Crippen molar-refractivity contribution in [2.75, 3.05) is 14.1 Å². The monoisotopic (exact) mass is 154 g/mol. The summed E-state index contributed by atoms with van der Waals surface area (Å²) in [5, 5.41) is 3.10. The maximum absolute atomic E-state index is 4.28. The molecule has 11 heavy (non-hydrogen) atoms. The Bertz CT molecular complexity index is 204. The van der Waals surface area contributed by atoms with Gasteiger partial charge < -0.3 is 10.2 Å². The Morgan fingerprint density at radius 3 is 2.55 bits per heavy atom. The summed E-state index contributed by atoms with van der Waals surface area (Å²) < 4.78 is 0. The Kier molecular flexibility index (Phi) is 2.12. The summed E-state index contributed by atoms with van der Waals surface area (Å²) in [4.78, 5) is 10.4. The Labute approximate surface area is 67.0 Å². The highest BCUT2D eigenvalue weighted by atomic mass is 15.3. The molecule has 0 fully saturated rings. The van der Waals surface area contributed by atoms with Crippen LogP contribution >= 0.6 is 0 Å². The molecule has 0 saturated carbocycles. The third kappa shape index (κ3) is 1.93. The molecule has 1 rings (SSSR count). The van der Waals surface area contributed by atoms with Crippen LogP contribution in [0.1, 0.15) is 13.8 Å². The largest absolute Gasteiger partial charge is 0.352 e. The first-order valence-corrected chi connectivity index (χ1v) is 3.66. The molecule has 0 spiro atoms. The van der Waals surface area contributed by atoms with Gasteiger partial charge >= 0.3 is 0 Å². The molecular formula is C7H14N4. The van der Waals surface area contributed by atoms with Gasteiger partial charge in [0.25, 0.3) is 0 Å². The van der Waals surface area contributed by atoms with E-state index in [4.69, 9.17) is 0 Å². The minimum Gasteiger partial charge on any atom is -0.352 e. The van der Waals surface area contributed by atoms with Gasteiger partial charge in [-0.1, -0.05) is 0 Å². The molecule has 0 aromatic carbocycles. The standard InChI is InChI=1S/C7H14N4/c1-5-8-6(2)10-7(9-5)11(3)4/h5H,1-4H3,(H,8,9,10). The summed E-state index contributed by atoms with van der Waals surface area (Å²) in [5.41, 5.74) is 0. The molecule has 0 aromatic heterocycles. The molecule has 4 nitrogen and oxygen atoms in total. The highest BCUT2D eigenvalue weighted by Crippen LogP contribution is 1.97. The van der Waals surface area contributed by atoms with Crippen molar-refractivity contribution in [3.8, 4) is 0 Å². The summed E-state index contributed by atoms with van der Waals surface area (Å²) in [6.45, 7) is 3.94. The van der Waals surface area contributed by atoms with E-state index in [1.807, 2.05) is 32.8 Å². The number of hydrogen-bond donors (Lipinski definition) is 1. The fourth-order valence-electron chi connectivity index (χ4n) is 0.934. The van der Waals surface area contributed by atoms with Crippen molar-refractivity contribution in [2.45, 2.75) is 20.0 Å². The third-order valence-electron chi connectivity index (χ3n) is 1.39. The molecule has 1 heterocycles. The number of nitrogens with one attached hydrogen (secondary N) is 1. The van der Waals surface area contributed by atoms with Gasteiger partial charge in [0.1, 0.15) is 12.0 Å². The lowest BCUT2D eigenvalue weighted by Gasteiger charge is -2.21. The van der Waals surface area contributed by atoms with Gasteiger partial charge in [-0.2, -0.15) is 0 Å². The van der Waals surface area contributed by atoms with Crippen LogP contribution in [-0.2, 0) is 0 Å². The topological polar surface area (TPSA) is 40.0 Å². The fraction of sp³-hybridized carbons (Fsp3) is 0.714. The van der Waals surface area contributed by atoms with Gasteiger partial charge in [0.2, 0.25) is 5.96 Å². The van der Waals surface area contributed by atoms with Crippen LogP contribution in [0.3, 0.4) is 0 Å². The number of hydrogen-bond acceptors (Lipinski definition) is 4. The quantitative estimate of drug-likeness (QED) is 0.544. The first kappa shape index (κ1) is 8.04. The number of nitrogens with zero attached hydrogens (tertiary/aromatic N) is 3. The van der Waals surface area contributed by atoms with E-state index < -0.39 is 0 Å². The summed E-state index contributed by atoms with van der Waals surface area (Å²) in [5.74, 6) is 1.71. The predicted octanol–water partition coefficient (Wildman–Crippen LogP) is 0.272. The Morgan fingerprint density at radius 2 is 2.09 bits per heavy atom. The van der Waals surface area contributed by atoms with Crippen LogP contribution in [0.15, 0.2) is 9.98 Å². The summed E-state index contributed by atoms with van der Waals surface area (Å²) in [7, 11) is 3.88. The van der Waals surface area contributed by atoms with E-state index in [1.165, 1.54) is 0 Å². The molecule has 0 aromatic rings. The second kappa shape index (κ2) is 2.90. The van der Waals surface area contributed by atoms with Gasteiger partial charge in [0.05, 0.1) is 0 Å². The zero-order valence-corrected chi connectivity index (χ0v) is 7.42. The number of rotatable bonds is 0. The van der Waals surface area contributed by atoms with E-state index in [0.717, 1.165) is 11.8 Å². The van der Waals surface area contributed by atoms with Crippen LogP contribution in [0.5, 0.6) is 0 Å². The molecule has 1 unspecified atom stereocenters. The molecule has 1 N–H and O–H groups in total. The highest BCUT2D eigenvalue weighted by molar-refractivity contribution is 5.96. The molecule has 0 amide bonds. The number of guanidine groups is 1. The van der Waals surface area contributed by atoms with E-state index in [9.17, 15) is 0 Å². The Hall–Kier alpha value is -1.06. The average molecular weight is 154 g/mol. The lowest BCUT2D eigenvalue weighted by Crippen LogP contribution is -2.37. The van der Waals surface area contributed by atoms with Gasteiger partial charge in [0.15, 0.2) is 0 Å². The predicted molar refractivity (Wildman–Crippen MR) is 46.8 cm³/mol. The summed E-state index contributed by atoms with van der Waals surface area (Å²) >= 11 is 0. The normalized spacial score (nSPS) is 23.5. The molecular weight excluding hydrogens is 140 g/mol. The van der Waals surface area contributed by atoms with Gasteiger partial charge in [-0.3, -0.25) is 0 Å².